The Labute approximate surface area is 203 Å². The van der Waals surface area contributed by atoms with E-state index in [1.807, 2.05) is 44.2 Å². The molecule has 2 aromatic carbocycles. The Morgan fingerprint density at radius 1 is 1.18 bits per heavy atom. The maximum atomic E-state index is 13.3. The van der Waals surface area contributed by atoms with Crippen molar-refractivity contribution < 1.29 is 9.32 Å². The number of nitrogens with one attached hydrogen (secondary N) is 2. The third kappa shape index (κ3) is 4.13. The monoisotopic (exact) mass is 488 g/mol. The minimum atomic E-state index is -0.312. The Kier molecular flexibility index (Phi) is 5.99. The first-order valence-electron chi connectivity index (χ1n) is 10.5. The standard InChI is InChI=1S/C24H20N6O2S2/c1-4-19(33-17-8-6-5-7-9-17)18-11-16(10-15-12-25-28-21(15)18)26-24(31)20-13(2)29-32-22(20)23-14(3)27-30-34-23/h4-12H,1-3H3,(H,25,28)(H,26,31)/b19-4-. The average molecular weight is 489 g/mol. The van der Waals surface area contributed by atoms with Gasteiger partial charge in [-0.05, 0) is 56.6 Å². The fraction of sp³-hybridized carbons (Fsp3) is 0.125. The molecule has 3 heterocycles. The molecular formula is C24H20N6O2S2. The third-order valence-electron chi connectivity index (χ3n) is 5.25. The second-order valence-corrected chi connectivity index (χ2v) is 9.41. The average Bonchev–Trinajstić information content (AvgIpc) is 3.57. The number of aromatic amines is 1. The number of carbonyl (C=O) groups excluding carboxylic acids is 1. The summed E-state index contributed by atoms with van der Waals surface area (Å²) in [6, 6.07) is 14.0. The van der Waals surface area contributed by atoms with Crippen molar-refractivity contribution in [2.24, 2.45) is 0 Å². The molecule has 0 unspecified atom stereocenters. The highest BCUT2D eigenvalue weighted by Crippen LogP contribution is 2.39. The van der Waals surface area contributed by atoms with E-state index in [1.54, 1.807) is 24.9 Å². The first-order chi connectivity index (χ1) is 16.5. The lowest BCUT2D eigenvalue weighted by Gasteiger charge is -2.12. The Morgan fingerprint density at radius 2 is 2.00 bits per heavy atom. The van der Waals surface area contributed by atoms with Crippen LogP contribution in [0.2, 0.25) is 0 Å². The molecule has 0 radical (unpaired) electrons. The summed E-state index contributed by atoms with van der Waals surface area (Å²) in [5.74, 6) is 0.0639. The van der Waals surface area contributed by atoms with E-state index in [0.29, 0.717) is 33.3 Å². The molecule has 5 rings (SSSR count). The lowest BCUT2D eigenvalue weighted by atomic mass is 10.1. The van der Waals surface area contributed by atoms with Gasteiger partial charge in [-0.15, -0.1) is 5.10 Å². The van der Waals surface area contributed by atoms with Crippen molar-refractivity contribution in [1.82, 2.24) is 24.9 Å². The smallest absolute Gasteiger partial charge is 0.261 e. The molecule has 3 aromatic heterocycles. The van der Waals surface area contributed by atoms with Gasteiger partial charge in [-0.1, -0.05) is 45.7 Å². The molecule has 0 spiro atoms. The lowest BCUT2D eigenvalue weighted by molar-refractivity contribution is 0.102. The Morgan fingerprint density at radius 3 is 2.74 bits per heavy atom. The van der Waals surface area contributed by atoms with Crippen LogP contribution in [0.5, 0.6) is 0 Å². The number of aromatic nitrogens is 5. The van der Waals surface area contributed by atoms with Crippen molar-refractivity contribution in [2.45, 2.75) is 25.7 Å². The van der Waals surface area contributed by atoms with E-state index in [1.165, 1.54) is 11.5 Å². The molecule has 34 heavy (non-hydrogen) atoms. The van der Waals surface area contributed by atoms with Crippen molar-refractivity contribution >= 4 is 50.7 Å². The minimum Gasteiger partial charge on any atom is -0.354 e. The molecule has 8 nitrogen and oxygen atoms in total. The number of aryl methyl sites for hydroxylation is 2. The van der Waals surface area contributed by atoms with Crippen molar-refractivity contribution in [2.75, 3.05) is 5.32 Å². The second kappa shape index (κ2) is 9.24. The topological polar surface area (TPSA) is 110 Å². The maximum Gasteiger partial charge on any atom is 0.261 e. The molecule has 5 aromatic rings. The van der Waals surface area contributed by atoms with Gasteiger partial charge < -0.3 is 9.84 Å². The number of thioether (sulfide) groups is 1. The predicted molar refractivity (Wildman–Crippen MR) is 135 cm³/mol. The molecule has 0 aliphatic heterocycles. The zero-order chi connectivity index (χ0) is 23.7. The van der Waals surface area contributed by atoms with E-state index < -0.39 is 0 Å². The molecular weight excluding hydrogens is 468 g/mol. The molecule has 0 bridgehead atoms. The minimum absolute atomic E-state index is 0.312. The zero-order valence-electron chi connectivity index (χ0n) is 18.6. The largest absolute Gasteiger partial charge is 0.354 e. The highest BCUT2D eigenvalue weighted by molar-refractivity contribution is 8.08. The fourth-order valence-corrected chi connectivity index (χ4v) is 5.21. The summed E-state index contributed by atoms with van der Waals surface area (Å²) in [4.78, 5) is 16.2. The molecule has 0 aliphatic carbocycles. The number of nitrogens with zero attached hydrogens (tertiary/aromatic N) is 4. The third-order valence-corrected chi connectivity index (χ3v) is 7.26. The second-order valence-electron chi connectivity index (χ2n) is 7.54. The van der Waals surface area contributed by atoms with Gasteiger partial charge in [0, 0.05) is 26.4 Å². The van der Waals surface area contributed by atoms with E-state index in [-0.39, 0.29) is 5.91 Å². The number of benzene rings is 2. The predicted octanol–water partition coefficient (Wildman–Crippen LogP) is 6.09. The SMILES string of the molecule is C/C=C(\Sc1ccccc1)c1cc(NC(=O)c2c(C)noc2-c2snnc2C)cc2cn[nH]c12. The van der Waals surface area contributed by atoms with Gasteiger partial charge >= 0.3 is 0 Å². The van der Waals surface area contributed by atoms with Crippen LogP contribution in [-0.2, 0) is 0 Å². The van der Waals surface area contributed by atoms with E-state index in [2.05, 4.69) is 48.5 Å². The number of carbonyl (C=O) groups is 1. The summed E-state index contributed by atoms with van der Waals surface area (Å²) in [7, 11) is 0. The van der Waals surface area contributed by atoms with Gasteiger partial charge in [-0.2, -0.15) is 5.10 Å². The summed E-state index contributed by atoms with van der Waals surface area (Å²) in [5, 5.41) is 19.2. The molecule has 0 saturated heterocycles. The Bertz CT molecular complexity index is 1520. The molecule has 1 amide bonds. The van der Waals surface area contributed by atoms with Crippen LogP contribution in [0.1, 0.15) is 34.2 Å². The summed E-state index contributed by atoms with van der Waals surface area (Å²) < 4.78 is 9.42. The van der Waals surface area contributed by atoms with Crippen LogP contribution in [0, 0.1) is 13.8 Å². The number of anilines is 1. The molecule has 10 heteroatoms. The highest BCUT2D eigenvalue weighted by Gasteiger charge is 2.25. The molecule has 0 saturated carbocycles. The van der Waals surface area contributed by atoms with Crippen LogP contribution in [0.4, 0.5) is 5.69 Å². The normalized spacial score (nSPS) is 11.8. The summed E-state index contributed by atoms with van der Waals surface area (Å²) >= 11 is 2.82. The van der Waals surface area contributed by atoms with Crippen molar-refractivity contribution in [3.05, 3.63) is 77.3 Å². The number of rotatable bonds is 6. The number of allylic oxidation sites excluding steroid dienone is 1. The van der Waals surface area contributed by atoms with E-state index in [9.17, 15) is 4.79 Å². The van der Waals surface area contributed by atoms with Gasteiger partial charge in [-0.3, -0.25) is 9.89 Å². The number of hydrogen-bond donors (Lipinski definition) is 2. The number of H-pyrrole nitrogens is 1. The van der Waals surface area contributed by atoms with Crippen molar-refractivity contribution in [3.63, 3.8) is 0 Å². The first kappa shape index (κ1) is 22.1. The van der Waals surface area contributed by atoms with Gasteiger partial charge in [0.1, 0.15) is 10.4 Å². The van der Waals surface area contributed by atoms with Crippen molar-refractivity contribution in [1.29, 1.82) is 0 Å². The molecule has 0 aliphatic rings. The number of amides is 1. The van der Waals surface area contributed by atoms with Crippen LogP contribution >= 0.6 is 23.3 Å². The molecule has 0 atom stereocenters. The summed E-state index contributed by atoms with van der Waals surface area (Å²) in [6.45, 7) is 5.56. The van der Waals surface area contributed by atoms with E-state index in [4.69, 9.17) is 4.52 Å². The van der Waals surface area contributed by atoms with Gasteiger partial charge in [0.05, 0.1) is 23.1 Å². The summed E-state index contributed by atoms with van der Waals surface area (Å²) in [5.41, 5.74) is 4.06. The van der Waals surface area contributed by atoms with Crippen LogP contribution in [0.3, 0.4) is 0 Å². The molecule has 0 fully saturated rings. The lowest BCUT2D eigenvalue weighted by Crippen LogP contribution is -2.13. The zero-order valence-corrected chi connectivity index (χ0v) is 20.3. The Hall–Kier alpha value is -3.76. The van der Waals surface area contributed by atoms with Gasteiger partial charge in [0.15, 0.2) is 5.76 Å². The maximum absolute atomic E-state index is 13.3. The van der Waals surface area contributed by atoms with Crippen LogP contribution < -0.4 is 5.32 Å². The number of hydrogen-bond acceptors (Lipinski definition) is 8. The Balaban J connectivity index is 1.51. The van der Waals surface area contributed by atoms with Crippen LogP contribution in [0.15, 0.2) is 64.2 Å². The van der Waals surface area contributed by atoms with Gasteiger partial charge in [-0.25, -0.2) is 0 Å². The van der Waals surface area contributed by atoms with Crippen LogP contribution in [0.25, 0.3) is 26.4 Å². The van der Waals surface area contributed by atoms with E-state index >= 15 is 0 Å². The van der Waals surface area contributed by atoms with E-state index in [0.717, 1.165) is 26.3 Å². The highest BCUT2D eigenvalue weighted by atomic mass is 32.2. The van der Waals surface area contributed by atoms with Gasteiger partial charge in [0.2, 0.25) is 0 Å². The first-order valence-corrected chi connectivity index (χ1v) is 12.1. The number of fused-ring (bicyclic) bond motifs is 1. The van der Waals surface area contributed by atoms with Gasteiger partial charge in [0.25, 0.3) is 5.91 Å². The van der Waals surface area contributed by atoms with Crippen LogP contribution in [-0.4, -0.2) is 30.8 Å². The van der Waals surface area contributed by atoms with Crippen molar-refractivity contribution in [3.8, 4) is 10.6 Å². The molecule has 2 N–H and O–H groups in total. The quantitative estimate of drug-likeness (QED) is 0.278. The fourth-order valence-electron chi connectivity index (χ4n) is 3.63. The molecule has 170 valence electrons. The summed E-state index contributed by atoms with van der Waals surface area (Å²) in [6.07, 6.45) is 3.80.